The normalized spacial score (nSPS) is 24.0. The molecule has 0 amide bonds. The zero-order valence-corrected chi connectivity index (χ0v) is 9.72. The van der Waals surface area contributed by atoms with Gasteiger partial charge in [0.2, 0.25) is 0 Å². The van der Waals surface area contributed by atoms with Gasteiger partial charge in [-0.25, -0.2) is 0 Å². The van der Waals surface area contributed by atoms with Crippen molar-refractivity contribution in [3.8, 4) is 0 Å². The van der Waals surface area contributed by atoms with Gasteiger partial charge in [-0.2, -0.15) is 0 Å². The molecule has 0 bridgehead atoms. The number of hydrogen-bond acceptors (Lipinski definition) is 2. The summed E-state index contributed by atoms with van der Waals surface area (Å²) in [4.78, 5) is 0. The van der Waals surface area contributed by atoms with Crippen LogP contribution >= 0.6 is 0 Å². The molecule has 2 heteroatoms. The zero-order valence-electron chi connectivity index (χ0n) is 9.72. The molecule has 0 spiro atoms. The van der Waals surface area contributed by atoms with E-state index in [1.54, 1.807) is 0 Å². The van der Waals surface area contributed by atoms with Crippen molar-refractivity contribution in [2.75, 3.05) is 13.2 Å². The SMILES string of the molecule is CCCC[C@@H](CC)NC[C@@H]1CCCO1. The first-order valence-corrected chi connectivity index (χ1v) is 6.21. The van der Waals surface area contributed by atoms with E-state index in [1.165, 1.54) is 38.5 Å². The largest absolute Gasteiger partial charge is 0.377 e. The smallest absolute Gasteiger partial charge is 0.0700 e. The third kappa shape index (κ3) is 4.43. The van der Waals surface area contributed by atoms with Crippen LogP contribution in [0.4, 0.5) is 0 Å². The Morgan fingerprint density at radius 3 is 2.86 bits per heavy atom. The molecule has 0 aromatic carbocycles. The molecule has 1 saturated heterocycles. The highest BCUT2D eigenvalue weighted by molar-refractivity contribution is 4.71. The van der Waals surface area contributed by atoms with Crippen molar-refractivity contribution in [3.05, 3.63) is 0 Å². The molecule has 1 fully saturated rings. The fraction of sp³-hybridized carbons (Fsp3) is 1.00. The highest BCUT2D eigenvalue weighted by Gasteiger charge is 2.16. The molecule has 84 valence electrons. The Morgan fingerprint density at radius 1 is 1.43 bits per heavy atom. The number of nitrogens with one attached hydrogen (secondary N) is 1. The van der Waals surface area contributed by atoms with E-state index in [4.69, 9.17) is 4.74 Å². The molecule has 0 aromatic heterocycles. The van der Waals surface area contributed by atoms with Crippen LogP contribution in [0.5, 0.6) is 0 Å². The van der Waals surface area contributed by atoms with Gasteiger partial charge in [0.05, 0.1) is 6.10 Å². The van der Waals surface area contributed by atoms with Gasteiger partial charge in [-0.05, 0) is 25.7 Å². The Labute approximate surface area is 88.4 Å². The Balaban J connectivity index is 2.06. The van der Waals surface area contributed by atoms with Gasteiger partial charge in [-0.1, -0.05) is 26.7 Å². The van der Waals surface area contributed by atoms with Gasteiger partial charge in [-0.3, -0.25) is 0 Å². The maximum atomic E-state index is 5.59. The summed E-state index contributed by atoms with van der Waals surface area (Å²) < 4.78 is 5.59. The zero-order chi connectivity index (χ0) is 10.2. The molecule has 0 saturated carbocycles. The van der Waals surface area contributed by atoms with E-state index in [2.05, 4.69) is 19.2 Å². The highest BCUT2D eigenvalue weighted by Crippen LogP contribution is 2.12. The average molecular weight is 199 g/mol. The molecule has 2 nitrogen and oxygen atoms in total. The molecule has 1 aliphatic rings. The van der Waals surface area contributed by atoms with E-state index in [1.807, 2.05) is 0 Å². The van der Waals surface area contributed by atoms with Crippen LogP contribution < -0.4 is 5.32 Å². The van der Waals surface area contributed by atoms with Crippen LogP contribution in [0, 0.1) is 0 Å². The van der Waals surface area contributed by atoms with Crippen molar-refractivity contribution in [1.29, 1.82) is 0 Å². The van der Waals surface area contributed by atoms with Gasteiger partial charge in [-0.15, -0.1) is 0 Å². The quantitative estimate of drug-likeness (QED) is 0.680. The standard InChI is InChI=1S/C12H25NO/c1-3-5-7-11(4-2)13-10-12-8-6-9-14-12/h11-13H,3-10H2,1-2H3/t11-,12+/m1/s1. The first-order chi connectivity index (χ1) is 6.86. The Hall–Kier alpha value is -0.0800. The predicted octanol–water partition coefficient (Wildman–Crippen LogP) is 2.72. The first kappa shape index (κ1) is 12.0. The monoisotopic (exact) mass is 199 g/mol. The molecule has 1 N–H and O–H groups in total. The van der Waals surface area contributed by atoms with E-state index >= 15 is 0 Å². The molecule has 0 aliphatic carbocycles. The minimum Gasteiger partial charge on any atom is -0.377 e. The molecule has 1 heterocycles. The van der Waals surface area contributed by atoms with Gasteiger partial charge >= 0.3 is 0 Å². The maximum absolute atomic E-state index is 5.59. The maximum Gasteiger partial charge on any atom is 0.0700 e. The van der Waals surface area contributed by atoms with Gasteiger partial charge in [0.25, 0.3) is 0 Å². The van der Waals surface area contributed by atoms with Crippen LogP contribution in [0.2, 0.25) is 0 Å². The second-order valence-electron chi connectivity index (χ2n) is 4.29. The van der Waals surface area contributed by atoms with Crippen molar-refractivity contribution in [1.82, 2.24) is 5.32 Å². The van der Waals surface area contributed by atoms with Crippen molar-refractivity contribution in [2.45, 2.75) is 64.5 Å². The summed E-state index contributed by atoms with van der Waals surface area (Å²) in [7, 11) is 0. The molecule has 0 aromatic rings. The third-order valence-corrected chi connectivity index (χ3v) is 3.06. The topological polar surface area (TPSA) is 21.3 Å². The second kappa shape index (κ2) is 7.24. The van der Waals surface area contributed by atoms with E-state index in [9.17, 15) is 0 Å². The van der Waals surface area contributed by atoms with Crippen molar-refractivity contribution >= 4 is 0 Å². The van der Waals surface area contributed by atoms with Crippen LogP contribution in [0.25, 0.3) is 0 Å². The van der Waals surface area contributed by atoms with E-state index < -0.39 is 0 Å². The number of hydrogen-bond donors (Lipinski definition) is 1. The molecule has 2 atom stereocenters. The lowest BCUT2D eigenvalue weighted by Gasteiger charge is -2.19. The molecular weight excluding hydrogens is 174 g/mol. The first-order valence-electron chi connectivity index (χ1n) is 6.21. The summed E-state index contributed by atoms with van der Waals surface area (Å²) in [5.41, 5.74) is 0. The van der Waals surface area contributed by atoms with Crippen molar-refractivity contribution in [2.24, 2.45) is 0 Å². The Bertz CT molecular complexity index is 132. The molecule has 0 radical (unpaired) electrons. The Morgan fingerprint density at radius 2 is 2.29 bits per heavy atom. The van der Waals surface area contributed by atoms with Gasteiger partial charge in [0.15, 0.2) is 0 Å². The van der Waals surface area contributed by atoms with Gasteiger partial charge in [0.1, 0.15) is 0 Å². The Kier molecular flexibility index (Phi) is 6.20. The second-order valence-corrected chi connectivity index (χ2v) is 4.29. The summed E-state index contributed by atoms with van der Waals surface area (Å²) in [6.45, 7) is 6.55. The lowest BCUT2D eigenvalue weighted by Crippen LogP contribution is -2.35. The molecule has 14 heavy (non-hydrogen) atoms. The molecule has 1 aliphatic heterocycles. The number of unbranched alkanes of at least 4 members (excludes halogenated alkanes) is 1. The number of rotatable bonds is 7. The summed E-state index contributed by atoms with van der Waals surface area (Å²) in [5, 5.41) is 3.62. The minimum atomic E-state index is 0.491. The fourth-order valence-corrected chi connectivity index (χ4v) is 2.00. The van der Waals surface area contributed by atoms with Crippen LogP contribution in [-0.4, -0.2) is 25.3 Å². The molecule has 0 unspecified atom stereocenters. The summed E-state index contributed by atoms with van der Waals surface area (Å²) >= 11 is 0. The average Bonchev–Trinajstić information content (AvgIpc) is 2.71. The molecule has 1 rings (SSSR count). The molecular formula is C12H25NO. The predicted molar refractivity (Wildman–Crippen MR) is 60.6 cm³/mol. The summed E-state index contributed by atoms with van der Waals surface area (Å²) in [6, 6.07) is 0.708. The van der Waals surface area contributed by atoms with Gasteiger partial charge in [0, 0.05) is 19.2 Å². The van der Waals surface area contributed by atoms with E-state index in [-0.39, 0.29) is 0 Å². The summed E-state index contributed by atoms with van der Waals surface area (Å²) in [5.74, 6) is 0. The van der Waals surface area contributed by atoms with Crippen molar-refractivity contribution in [3.63, 3.8) is 0 Å². The highest BCUT2D eigenvalue weighted by atomic mass is 16.5. The van der Waals surface area contributed by atoms with Crippen LogP contribution in [-0.2, 0) is 4.74 Å². The van der Waals surface area contributed by atoms with E-state index in [0.717, 1.165) is 13.2 Å². The fourth-order valence-electron chi connectivity index (χ4n) is 2.00. The van der Waals surface area contributed by atoms with Crippen molar-refractivity contribution < 1.29 is 4.74 Å². The number of ether oxygens (including phenoxy) is 1. The van der Waals surface area contributed by atoms with Crippen LogP contribution in [0.15, 0.2) is 0 Å². The minimum absolute atomic E-state index is 0.491. The lowest BCUT2D eigenvalue weighted by atomic mass is 10.1. The van der Waals surface area contributed by atoms with Gasteiger partial charge < -0.3 is 10.1 Å². The third-order valence-electron chi connectivity index (χ3n) is 3.06. The lowest BCUT2D eigenvalue weighted by molar-refractivity contribution is 0.107. The van der Waals surface area contributed by atoms with Crippen LogP contribution in [0.1, 0.15) is 52.4 Å². The van der Waals surface area contributed by atoms with Crippen LogP contribution in [0.3, 0.4) is 0 Å². The summed E-state index contributed by atoms with van der Waals surface area (Å²) in [6.07, 6.45) is 8.20. The van der Waals surface area contributed by atoms with E-state index in [0.29, 0.717) is 12.1 Å².